The molecule has 0 bridgehead atoms. The maximum Gasteiger partial charge on any atom is 0.187 e. The molecule has 0 radical (unpaired) electrons. The lowest BCUT2D eigenvalue weighted by atomic mass is 10.2. The molecule has 5 nitrogen and oxygen atoms in total. The molecule has 3 aromatic rings. The largest absolute Gasteiger partial charge is 0.398 e. The molecule has 3 rings (SSSR count). The van der Waals surface area contributed by atoms with Crippen molar-refractivity contribution in [1.29, 1.82) is 0 Å². The first-order chi connectivity index (χ1) is 9.66. The van der Waals surface area contributed by atoms with Crippen LogP contribution >= 0.6 is 23.2 Å². The van der Waals surface area contributed by atoms with Crippen molar-refractivity contribution in [3.05, 3.63) is 52.5 Å². The van der Waals surface area contributed by atoms with Gasteiger partial charge in [0.2, 0.25) is 0 Å². The predicted molar refractivity (Wildman–Crippen MR) is 79.0 cm³/mol. The zero-order chi connectivity index (χ0) is 14.1. The van der Waals surface area contributed by atoms with Crippen molar-refractivity contribution in [3.8, 4) is 17.1 Å². The molecule has 0 aliphatic carbocycles. The van der Waals surface area contributed by atoms with E-state index < -0.39 is 0 Å². The summed E-state index contributed by atoms with van der Waals surface area (Å²) in [6.45, 7) is 0. The van der Waals surface area contributed by atoms with Crippen LogP contribution in [0.5, 0.6) is 0 Å². The first-order valence-electron chi connectivity index (χ1n) is 5.75. The van der Waals surface area contributed by atoms with E-state index in [2.05, 4.69) is 15.5 Å². The van der Waals surface area contributed by atoms with Crippen molar-refractivity contribution in [1.82, 2.24) is 20.2 Å². The van der Waals surface area contributed by atoms with Crippen molar-refractivity contribution in [2.24, 2.45) is 0 Å². The highest BCUT2D eigenvalue weighted by Crippen LogP contribution is 2.28. The van der Waals surface area contributed by atoms with Crippen molar-refractivity contribution < 1.29 is 0 Å². The Labute approximate surface area is 124 Å². The van der Waals surface area contributed by atoms with Gasteiger partial charge >= 0.3 is 0 Å². The van der Waals surface area contributed by atoms with E-state index in [1.807, 2.05) is 18.2 Å². The Morgan fingerprint density at radius 3 is 2.55 bits per heavy atom. The molecule has 0 atom stereocenters. The van der Waals surface area contributed by atoms with E-state index in [1.54, 1.807) is 28.9 Å². The average molecular weight is 306 g/mol. The molecule has 20 heavy (non-hydrogen) atoms. The van der Waals surface area contributed by atoms with Crippen LogP contribution in [-0.2, 0) is 0 Å². The number of hydrogen-bond donors (Lipinski definition) is 1. The normalized spacial score (nSPS) is 10.7. The minimum atomic E-state index is 0.470. The quantitative estimate of drug-likeness (QED) is 0.738. The third-order valence-electron chi connectivity index (χ3n) is 2.80. The lowest BCUT2D eigenvalue weighted by Gasteiger charge is -2.07. The monoisotopic (exact) mass is 305 g/mol. The van der Waals surface area contributed by atoms with Crippen molar-refractivity contribution in [3.63, 3.8) is 0 Å². The molecule has 1 heterocycles. The molecule has 0 unspecified atom stereocenters. The fourth-order valence-corrected chi connectivity index (χ4v) is 2.17. The van der Waals surface area contributed by atoms with Crippen LogP contribution in [0.15, 0.2) is 42.5 Å². The first-order valence-corrected chi connectivity index (χ1v) is 6.51. The molecule has 2 N–H and O–H groups in total. The second kappa shape index (κ2) is 5.11. The van der Waals surface area contributed by atoms with Crippen molar-refractivity contribution >= 4 is 28.9 Å². The summed E-state index contributed by atoms with van der Waals surface area (Å²) >= 11 is 12.1. The maximum atomic E-state index is 6.17. The number of hydrogen-bond acceptors (Lipinski definition) is 4. The van der Waals surface area contributed by atoms with Crippen LogP contribution < -0.4 is 5.73 Å². The molecule has 0 spiro atoms. The molecule has 7 heteroatoms. The minimum Gasteiger partial charge on any atom is -0.398 e. The maximum absolute atomic E-state index is 6.17. The van der Waals surface area contributed by atoms with Gasteiger partial charge in [0.25, 0.3) is 0 Å². The number of benzene rings is 2. The molecular formula is C13H9Cl2N5. The average Bonchev–Trinajstić information content (AvgIpc) is 2.91. The molecule has 2 aromatic carbocycles. The Hall–Kier alpha value is -2.11. The fourth-order valence-electron chi connectivity index (χ4n) is 1.84. The van der Waals surface area contributed by atoms with Gasteiger partial charge in [-0.15, -0.1) is 5.10 Å². The summed E-state index contributed by atoms with van der Waals surface area (Å²) in [7, 11) is 0. The Bertz CT molecular complexity index is 769. The molecule has 0 aliphatic heterocycles. The second-order valence-corrected chi connectivity index (χ2v) is 4.92. The number of nitrogens with zero attached hydrogens (tertiary/aromatic N) is 4. The Kier molecular flexibility index (Phi) is 3.30. The first kappa shape index (κ1) is 12.9. The summed E-state index contributed by atoms with van der Waals surface area (Å²) in [4.78, 5) is 0. The standard InChI is InChI=1S/C13H9Cl2N5/c14-9-6-5-8(7-11(9)16)13-17-18-19-20(13)12-4-2-1-3-10(12)15/h1-7H,16H2. The smallest absolute Gasteiger partial charge is 0.187 e. The summed E-state index contributed by atoms with van der Waals surface area (Å²) in [6.07, 6.45) is 0. The zero-order valence-electron chi connectivity index (χ0n) is 10.2. The number of para-hydroxylation sites is 1. The van der Waals surface area contributed by atoms with Gasteiger partial charge in [0, 0.05) is 5.56 Å². The van der Waals surface area contributed by atoms with Crippen LogP contribution in [0, 0.1) is 0 Å². The van der Waals surface area contributed by atoms with Gasteiger partial charge in [-0.1, -0.05) is 35.3 Å². The number of rotatable bonds is 2. The highest BCUT2D eigenvalue weighted by Gasteiger charge is 2.13. The van der Waals surface area contributed by atoms with Crippen LogP contribution in [0.25, 0.3) is 17.1 Å². The van der Waals surface area contributed by atoms with Gasteiger partial charge in [-0.3, -0.25) is 0 Å². The van der Waals surface area contributed by atoms with Crippen molar-refractivity contribution in [2.45, 2.75) is 0 Å². The van der Waals surface area contributed by atoms with Crippen LogP contribution in [-0.4, -0.2) is 20.2 Å². The highest BCUT2D eigenvalue weighted by atomic mass is 35.5. The van der Waals surface area contributed by atoms with Gasteiger partial charge in [-0.2, -0.15) is 4.68 Å². The van der Waals surface area contributed by atoms with E-state index >= 15 is 0 Å². The predicted octanol–water partition coefficient (Wildman–Crippen LogP) is 3.22. The van der Waals surface area contributed by atoms with Crippen LogP contribution in [0.4, 0.5) is 5.69 Å². The molecule has 0 saturated heterocycles. The SMILES string of the molecule is Nc1cc(-c2nnnn2-c2ccccc2Cl)ccc1Cl. The summed E-state index contributed by atoms with van der Waals surface area (Å²) in [5.41, 5.74) is 7.74. The summed E-state index contributed by atoms with van der Waals surface area (Å²) in [6, 6.07) is 12.6. The summed E-state index contributed by atoms with van der Waals surface area (Å²) in [5.74, 6) is 0.543. The Balaban J connectivity index is 2.15. The number of anilines is 1. The molecule has 0 fully saturated rings. The van der Waals surface area contributed by atoms with Crippen LogP contribution in [0.2, 0.25) is 10.0 Å². The number of halogens is 2. The third kappa shape index (κ3) is 2.21. The zero-order valence-corrected chi connectivity index (χ0v) is 11.7. The van der Waals surface area contributed by atoms with Gasteiger partial charge < -0.3 is 5.73 Å². The van der Waals surface area contributed by atoms with Gasteiger partial charge in [0.05, 0.1) is 21.4 Å². The second-order valence-electron chi connectivity index (χ2n) is 4.10. The molecule has 0 amide bonds. The molecular weight excluding hydrogens is 297 g/mol. The van der Waals surface area contributed by atoms with E-state index in [0.29, 0.717) is 27.2 Å². The van der Waals surface area contributed by atoms with Gasteiger partial charge in [0.1, 0.15) is 0 Å². The van der Waals surface area contributed by atoms with E-state index in [0.717, 1.165) is 5.56 Å². The number of nitrogen functional groups attached to an aromatic ring is 1. The van der Waals surface area contributed by atoms with Crippen LogP contribution in [0.3, 0.4) is 0 Å². The van der Waals surface area contributed by atoms with Crippen molar-refractivity contribution in [2.75, 3.05) is 5.73 Å². The van der Waals surface area contributed by atoms with E-state index in [4.69, 9.17) is 28.9 Å². The lowest BCUT2D eigenvalue weighted by molar-refractivity contribution is 0.791. The lowest BCUT2D eigenvalue weighted by Crippen LogP contribution is -2.01. The number of tetrazole rings is 1. The Morgan fingerprint density at radius 2 is 1.80 bits per heavy atom. The third-order valence-corrected chi connectivity index (χ3v) is 3.47. The number of aromatic nitrogens is 4. The van der Waals surface area contributed by atoms with E-state index in [-0.39, 0.29) is 0 Å². The van der Waals surface area contributed by atoms with E-state index in [9.17, 15) is 0 Å². The van der Waals surface area contributed by atoms with E-state index in [1.165, 1.54) is 0 Å². The van der Waals surface area contributed by atoms with Gasteiger partial charge in [-0.05, 0) is 40.8 Å². The topological polar surface area (TPSA) is 69.6 Å². The molecule has 100 valence electrons. The summed E-state index contributed by atoms with van der Waals surface area (Å²) in [5, 5.41) is 12.7. The van der Waals surface area contributed by atoms with Gasteiger partial charge in [0.15, 0.2) is 5.82 Å². The molecule has 0 aliphatic rings. The van der Waals surface area contributed by atoms with Crippen LogP contribution in [0.1, 0.15) is 0 Å². The van der Waals surface area contributed by atoms with Gasteiger partial charge in [-0.25, -0.2) is 0 Å². The number of nitrogens with two attached hydrogens (primary N) is 1. The minimum absolute atomic E-state index is 0.470. The summed E-state index contributed by atoms with van der Waals surface area (Å²) < 4.78 is 1.56. The highest BCUT2D eigenvalue weighted by molar-refractivity contribution is 6.33. The molecule has 1 aromatic heterocycles. The fraction of sp³-hybridized carbons (Fsp3) is 0. The molecule has 0 saturated carbocycles. The Morgan fingerprint density at radius 1 is 1.00 bits per heavy atom.